The Hall–Kier alpha value is -1.44. The van der Waals surface area contributed by atoms with Crippen molar-refractivity contribution in [2.45, 2.75) is 131 Å². The SMILES string of the molecule is C=C(C)[C@@H]1CC[C@]2(NCCN3CCS(=O)(=O)CC3)CC[C@]3(C)[C@H](CC[C@@H]4[C@@]5(C)CC=C(C6=CCC(C)(C(=O)O)CC6)C(C)(C)[C@@H]5CC[C@]43C)[C@@H]12. The lowest BCUT2D eigenvalue weighted by Gasteiger charge is -2.72. The first kappa shape index (κ1) is 36.9. The maximum absolute atomic E-state index is 12.0. The van der Waals surface area contributed by atoms with Crippen molar-refractivity contribution in [3.8, 4) is 0 Å². The maximum Gasteiger partial charge on any atom is 0.309 e. The van der Waals surface area contributed by atoms with Crippen LogP contribution in [0.3, 0.4) is 0 Å². The second-order valence-electron chi connectivity index (χ2n) is 20.1. The molecule has 280 valence electrons. The molecular formula is C43H68N2O4S. The van der Waals surface area contributed by atoms with Gasteiger partial charge in [0.1, 0.15) is 0 Å². The van der Waals surface area contributed by atoms with E-state index in [0.717, 1.165) is 32.4 Å². The Labute approximate surface area is 304 Å². The molecule has 1 saturated heterocycles. The van der Waals surface area contributed by atoms with Gasteiger partial charge < -0.3 is 15.3 Å². The second kappa shape index (κ2) is 12.3. The molecule has 0 spiro atoms. The van der Waals surface area contributed by atoms with Gasteiger partial charge in [0, 0.05) is 31.7 Å². The number of carboxylic acid groups (broad SMARTS) is 1. The number of fused-ring (bicyclic) bond motifs is 7. The summed E-state index contributed by atoms with van der Waals surface area (Å²) < 4.78 is 24.1. The van der Waals surface area contributed by atoms with E-state index in [1.54, 1.807) is 0 Å². The van der Waals surface area contributed by atoms with E-state index in [-0.39, 0.29) is 16.4 Å². The highest BCUT2D eigenvalue weighted by Crippen LogP contribution is 2.76. The topological polar surface area (TPSA) is 86.7 Å². The molecule has 6 aliphatic carbocycles. The van der Waals surface area contributed by atoms with Gasteiger partial charge in [-0.15, -0.1) is 0 Å². The number of carbonyl (C=O) groups is 1. The highest BCUT2D eigenvalue weighted by molar-refractivity contribution is 7.91. The summed E-state index contributed by atoms with van der Waals surface area (Å²) in [7, 11) is -2.86. The third kappa shape index (κ3) is 5.50. The number of nitrogens with zero attached hydrogens (tertiary/aromatic N) is 1. The Kier molecular flexibility index (Phi) is 9.08. The zero-order valence-electron chi connectivity index (χ0n) is 32.5. The lowest BCUT2D eigenvalue weighted by molar-refractivity contribution is -0.221. The van der Waals surface area contributed by atoms with Gasteiger partial charge in [0.25, 0.3) is 0 Å². The summed E-state index contributed by atoms with van der Waals surface area (Å²) in [6.45, 7) is 25.2. The van der Waals surface area contributed by atoms with E-state index in [1.165, 1.54) is 68.1 Å². The molecule has 0 aromatic heterocycles. The molecule has 0 radical (unpaired) electrons. The predicted molar refractivity (Wildman–Crippen MR) is 204 cm³/mol. The number of hydrogen-bond acceptors (Lipinski definition) is 5. The van der Waals surface area contributed by atoms with Crippen molar-refractivity contribution >= 4 is 15.8 Å². The van der Waals surface area contributed by atoms with Crippen LogP contribution in [-0.2, 0) is 14.6 Å². The normalized spacial score (nSPS) is 46.7. The number of sulfone groups is 1. The number of rotatable bonds is 7. The number of hydrogen-bond donors (Lipinski definition) is 2. The van der Waals surface area contributed by atoms with E-state index < -0.39 is 21.2 Å². The minimum atomic E-state index is -2.86. The Bertz CT molecular complexity index is 1570. The molecule has 5 fully saturated rings. The molecule has 1 aliphatic heterocycles. The third-order valence-corrected chi connectivity index (χ3v) is 19.2. The van der Waals surface area contributed by atoms with Gasteiger partial charge in [0.15, 0.2) is 9.84 Å². The first-order valence-corrected chi connectivity index (χ1v) is 22.1. The molecule has 1 heterocycles. The minimum absolute atomic E-state index is 0.0789. The van der Waals surface area contributed by atoms with E-state index in [4.69, 9.17) is 0 Å². The lowest BCUT2D eigenvalue weighted by Crippen LogP contribution is -2.68. The van der Waals surface area contributed by atoms with E-state index in [9.17, 15) is 18.3 Å². The molecule has 10 atom stereocenters. The van der Waals surface area contributed by atoms with Crippen LogP contribution in [0.25, 0.3) is 0 Å². The summed E-state index contributed by atoms with van der Waals surface area (Å²) in [4.78, 5) is 14.3. The number of nitrogens with one attached hydrogen (secondary N) is 1. The Morgan fingerprint density at radius 3 is 2.26 bits per heavy atom. The highest BCUT2D eigenvalue weighted by Gasteiger charge is 2.70. The van der Waals surface area contributed by atoms with E-state index in [2.05, 4.69) is 70.5 Å². The molecule has 0 aromatic rings. The molecular weight excluding hydrogens is 641 g/mol. The van der Waals surface area contributed by atoms with Crippen LogP contribution in [0.1, 0.15) is 126 Å². The molecule has 0 bridgehead atoms. The summed E-state index contributed by atoms with van der Waals surface area (Å²) >= 11 is 0. The van der Waals surface area contributed by atoms with Gasteiger partial charge in [0.2, 0.25) is 0 Å². The predicted octanol–water partition coefficient (Wildman–Crippen LogP) is 8.45. The summed E-state index contributed by atoms with van der Waals surface area (Å²) in [5, 5.41) is 14.1. The first-order valence-electron chi connectivity index (χ1n) is 20.3. The molecule has 50 heavy (non-hydrogen) atoms. The first-order chi connectivity index (χ1) is 23.3. The van der Waals surface area contributed by atoms with Gasteiger partial charge in [-0.05, 0) is 153 Å². The van der Waals surface area contributed by atoms with Gasteiger partial charge in [-0.2, -0.15) is 0 Å². The fraction of sp³-hybridized carbons (Fsp3) is 0.837. The monoisotopic (exact) mass is 708 g/mol. The fourth-order valence-corrected chi connectivity index (χ4v) is 15.7. The Morgan fingerprint density at radius 2 is 1.62 bits per heavy atom. The summed E-state index contributed by atoms with van der Waals surface area (Å²) in [5.74, 6) is 3.15. The molecule has 4 saturated carbocycles. The van der Waals surface area contributed by atoms with Crippen LogP contribution in [0.15, 0.2) is 35.5 Å². The quantitative estimate of drug-likeness (QED) is 0.258. The van der Waals surface area contributed by atoms with Gasteiger partial charge in [-0.3, -0.25) is 4.79 Å². The zero-order valence-corrected chi connectivity index (χ0v) is 33.3. The average Bonchev–Trinajstić information content (AvgIpc) is 3.43. The molecule has 7 rings (SSSR count). The molecule has 7 heteroatoms. The molecule has 1 unspecified atom stereocenters. The molecule has 6 nitrogen and oxygen atoms in total. The van der Waals surface area contributed by atoms with Gasteiger partial charge >= 0.3 is 5.97 Å². The van der Waals surface area contributed by atoms with Crippen LogP contribution in [0.4, 0.5) is 0 Å². The van der Waals surface area contributed by atoms with Crippen LogP contribution >= 0.6 is 0 Å². The standard InChI is InChI=1S/C43H68N2O4S/c1-29(2)31-13-20-43(44-23-24-45-25-27-50(48,49)28-26-45)22-21-41(7)33(36(31)43)9-10-35-40(6)18-14-32(30-11-16-39(5,17-12-30)37(46)47)38(3,4)34(40)15-19-42(35,41)8/h11,14,31,33-36,44H,1,9-10,12-13,15-28H2,2-8H3,(H,46,47)/t31-,33+,34-,35+,36+,39?,40-,41+,42+,43-/m0/s1. The van der Waals surface area contributed by atoms with Crippen molar-refractivity contribution in [1.29, 1.82) is 0 Å². The number of carboxylic acids is 1. The Morgan fingerprint density at radius 1 is 0.900 bits per heavy atom. The van der Waals surface area contributed by atoms with Crippen molar-refractivity contribution in [3.05, 3.63) is 35.5 Å². The van der Waals surface area contributed by atoms with Crippen LogP contribution in [0.2, 0.25) is 0 Å². The second-order valence-corrected chi connectivity index (χ2v) is 22.4. The minimum Gasteiger partial charge on any atom is -0.481 e. The molecule has 7 aliphatic rings. The Balaban J connectivity index is 1.13. The summed E-state index contributed by atoms with van der Waals surface area (Å²) in [6.07, 6.45) is 18.5. The van der Waals surface area contributed by atoms with Crippen molar-refractivity contribution in [2.24, 2.45) is 56.7 Å². The molecule has 0 aromatic carbocycles. The molecule has 2 N–H and O–H groups in total. The van der Waals surface area contributed by atoms with Crippen LogP contribution in [-0.4, -0.2) is 67.6 Å². The number of aliphatic carboxylic acids is 1. The summed E-state index contributed by atoms with van der Waals surface area (Å²) in [5.41, 5.74) is 4.77. The van der Waals surface area contributed by atoms with Gasteiger partial charge in [-0.25, -0.2) is 8.42 Å². The van der Waals surface area contributed by atoms with Crippen molar-refractivity contribution in [2.75, 3.05) is 37.7 Å². The van der Waals surface area contributed by atoms with Crippen LogP contribution < -0.4 is 5.32 Å². The zero-order chi connectivity index (χ0) is 36.1. The van der Waals surface area contributed by atoms with E-state index >= 15 is 0 Å². The third-order valence-electron chi connectivity index (χ3n) is 17.6. The van der Waals surface area contributed by atoms with Crippen LogP contribution in [0.5, 0.6) is 0 Å². The fourth-order valence-electron chi connectivity index (χ4n) is 14.4. The van der Waals surface area contributed by atoms with Crippen molar-refractivity contribution in [3.63, 3.8) is 0 Å². The van der Waals surface area contributed by atoms with Crippen molar-refractivity contribution < 1.29 is 18.3 Å². The largest absolute Gasteiger partial charge is 0.481 e. The maximum atomic E-state index is 12.0. The summed E-state index contributed by atoms with van der Waals surface area (Å²) in [6, 6.07) is 0. The highest BCUT2D eigenvalue weighted by atomic mass is 32.2. The van der Waals surface area contributed by atoms with Gasteiger partial charge in [0.05, 0.1) is 16.9 Å². The van der Waals surface area contributed by atoms with Crippen LogP contribution in [0, 0.1) is 56.7 Å². The van der Waals surface area contributed by atoms with E-state index in [1.807, 2.05) is 6.92 Å². The lowest BCUT2D eigenvalue weighted by atomic mass is 9.33. The van der Waals surface area contributed by atoms with Crippen molar-refractivity contribution in [1.82, 2.24) is 10.2 Å². The average molecular weight is 709 g/mol. The van der Waals surface area contributed by atoms with E-state index in [0.29, 0.717) is 71.4 Å². The van der Waals surface area contributed by atoms with Gasteiger partial charge in [-0.1, -0.05) is 58.9 Å². The smallest absolute Gasteiger partial charge is 0.309 e. The number of allylic oxidation sites excluding steroid dienone is 5. The molecule has 0 amide bonds.